The summed E-state index contributed by atoms with van der Waals surface area (Å²) in [7, 11) is -3.28. The Balaban J connectivity index is 1.56. The molecule has 8 nitrogen and oxygen atoms in total. The zero-order valence-electron chi connectivity index (χ0n) is 13.9. The summed E-state index contributed by atoms with van der Waals surface area (Å²) < 4.78 is 24.9. The second kappa shape index (κ2) is 7.04. The van der Waals surface area contributed by atoms with Gasteiger partial charge in [-0.1, -0.05) is 11.8 Å². The fourth-order valence-corrected chi connectivity index (χ4v) is 4.31. The highest BCUT2D eigenvalue weighted by molar-refractivity contribution is 7.99. The van der Waals surface area contributed by atoms with Gasteiger partial charge in [-0.15, -0.1) is 5.10 Å². The third kappa shape index (κ3) is 4.13. The number of amides is 1. The molecule has 0 bridgehead atoms. The van der Waals surface area contributed by atoms with E-state index >= 15 is 0 Å². The lowest BCUT2D eigenvalue weighted by molar-refractivity contribution is 0.0956. The lowest BCUT2D eigenvalue weighted by atomic mass is 10.1. The number of aromatic nitrogens is 3. The number of aryl methyl sites for hydroxylation is 1. The number of sulfonamides is 1. The van der Waals surface area contributed by atoms with Crippen LogP contribution in [0.2, 0.25) is 0 Å². The number of hydrogen-bond acceptors (Lipinski definition) is 6. The Bertz CT molecular complexity index is 894. The van der Waals surface area contributed by atoms with Gasteiger partial charge in [0.2, 0.25) is 15.2 Å². The molecule has 1 aliphatic rings. The minimum absolute atomic E-state index is 0.174. The average molecular weight is 381 g/mol. The summed E-state index contributed by atoms with van der Waals surface area (Å²) in [5, 5.41) is 10.3. The lowest BCUT2D eigenvalue weighted by Crippen LogP contribution is -2.27. The molecule has 0 spiro atoms. The lowest BCUT2D eigenvalue weighted by Gasteiger charge is -2.16. The van der Waals surface area contributed by atoms with Gasteiger partial charge in [0.05, 0.1) is 11.9 Å². The third-order valence-corrected chi connectivity index (χ3v) is 5.82. The zero-order chi connectivity index (χ0) is 18.0. The Labute approximate surface area is 150 Å². The molecule has 0 fully saturated rings. The van der Waals surface area contributed by atoms with E-state index in [2.05, 4.69) is 20.5 Å². The van der Waals surface area contributed by atoms with Crippen LogP contribution in [0.15, 0.2) is 23.4 Å². The SMILES string of the molecule is Cc1nc(SCCNC(=O)c2ccc3c(c2)CCN3S(C)(=O)=O)n[nH]1. The van der Waals surface area contributed by atoms with Gasteiger partial charge in [-0.25, -0.2) is 13.4 Å². The van der Waals surface area contributed by atoms with Crippen molar-refractivity contribution in [1.29, 1.82) is 0 Å². The molecule has 1 aliphatic heterocycles. The molecule has 0 unspecified atom stereocenters. The standard InChI is InChI=1S/C15H19N5O3S2/c1-10-17-15(19-18-10)24-8-6-16-14(21)12-3-4-13-11(9-12)5-7-20(13)25(2,22)23/h3-4,9H,5-8H2,1-2H3,(H,16,21)(H,17,18,19). The maximum Gasteiger partial charge on any atom is 0.251 e. The van der Waals surface area contributed by atoms with E-state index in [0.29, 0.717) is 41.7 Å². The van der Waals surface area contributed by atoms with Gasteiger partial charge in [-0.3, -0.25) is 14.2 Å². The summed E-state index contributed by atoms with van der Waals surface area (Å²) in [5.74, 6) is 1.25. The van der Waals surface area contributed by atoms with Crippen molar-refractivity contribution in [1.82, 2.24) is 20.5 Å². The predicted octanol–water partition coefficient (Wildman–Crippen LogP) is 0.957. The van der Waals surface area contributed by atoms with E-state index in [1.807, 2.05) is 6.92 Å². The van der Waals surface area contributed by atoms with E-state index in [0.717, 1.165) is 11.4 Å². The molecular formula is C15H19N5O3S2. The summed E-state index contributed by atoms with van der Waals surface area (Å²) in [6, 6.07) is 5.12. The normalized spacial score (nSPS) is 13.8. The Morgan fingerprint density at radius 2 is 2.24 bits per heavy atom. The first kappa shape index (κ1) is 17.7. The van der Waals surface area contributed by atoms with Gasteiger partial charge in [0.1, 0.15) is 5.82 Å². The molecule has 1 aromatic heterocycles. The van der Waals surface area contributed by atoms with Gasteiger partial charge in [0.15, 0.2) is 0 Å². The second-order valence-corrected chi connectivity index (χ2v) is 8.71. The van der Waals surface area contributed by atoms with Crippen LogP contribution >= 0.6 is 11.8 Å². The Morgan fingerprint density at radius 3 is 2.92 bits per heavy atom. The van der Waals surface area contributed by atoms with E-state index in [1.165, 1.54) is 22.3 Å². The Hall–Kier alpha value is -2.07. The molecule has 0 atom stereocenters. The first-order valence-corrected chi connectivity index (χ1v) is 10.6. The highest BCUT2D eigenvalue weighted by Gasteiger charge is 2.26. The number of aromatic amines is 1. The fourth-order valence-electron chi connectivity index (χ4n) is 2.65. The smallest absolute Gasteiger partial charge is 0.251 e. The van der Waals surface area contributed by atoms with Crippen molar-refractivity contribution < 1.29 is 13.2 Å². The maximum atomic E-state index is 12.2. The molecule has 1 amide bonds. The number of H-pyrrole nitrogens is 1. The van der Waals surface area contributed by atoms with Gasteiger partial charge in [-0.05, 0) is 37.1 Å². The quantitative estimate of drug-likeness (QED) is 0.570. The van der Waals surface area contributed by atoms with Gasteiger partial charge in [0, 0.05) is 24.4 Å². The summed E-state index contributed by atoms with van der Waals surface area (Å²) in [4.78, 5) is 16.4. The van der Waals surface area contributed by atoms with Crippen molar-refractivity contribution in [3.8, 4) is 0 Å². The number of nitrogens with one attached hydrogen (secondary N) is 2. The van der Waals surface area contributed by atoms with Crippen LogP contribution in [0.1, 0.15) is 21.7 Å². The third-order valence-electron chi connectivity index (χ3n) is 3.79. The number of carbonyl (C=O) groups is 1. The van der Waals surface area contributed by atoms with Crippen molar-refractivity contribution in [2.75, 3.05) is 29.4 Å². The zero-order valence-corrected chi connectivity index (χ0v) is 15.6. The minimum Gasteiger partial charge on any atom is -0.351 e. The molecule has 2 N–H and O–H groups in total. The molecule has 0 radical (unpaired) electrons. The summed E-state index contributed by atoms with van der Waals surface area (Å²) >= 11 is 1.46. The van der Waals surface area contributed by atoms with E-state index in [4.69, 9.17) is 0 Å². The summed E-state index contributed by atoms with van der Waals surface area (Å²) in [5.41, 5.74) is 2.08. The average Bonchev–Trinajstić information content (AvgIpc) is 3.16. The fraction of sp³-hybridized carbons (Fsp3) is 0.400. The largest absolute Gasteiger partial charge is 0.351 e. The van der Waals surface area contributed by atoms with Gasteiger partial charge >= 0.3 is 0 Å². The minimum atomic E-state index is -3.28. The van der Waals surface area contributed by atoms with Crippen LogP contribution in [0, 0.1) is 6.92 Å². The van der Waals surface area contributed by atoms with Crippen LogP contribution in [-0.4, -0.2) is 54.6 Å². The first-order chi connectivity index (χ1) is 11.8. The first-order valence-electron chi connectivity index (χ1n) is 7.75. The molecule has 1 aromatic carbocycles. The van der Waals surface area contributed by atoms with Crippen LogP contribution in [0.4, 0.5) is 5.69 Å². The van der Waals surface area contributed by atoms with Crippen LogP contribution < -0.4 is 9.62 Å². The van der Waals surface area contributed by atoms with Gasteiger partial charge < -0.3 is 5.32 Å². The van der Waals surface area contributed by atoms with Crippen LogP contribution in [0.3, 0.4) is 0 Å². The molecule has 25 heavy (non-hydrogen) atoms. The maximum absolute atomic E-state index is 12.2. The second-order valence-electron chi connectivity index (χ2n) is 5.74. The van der Waals surface area contributed by atoms with Crippen LogP contribution in [0.5, 0.6) is 0 Å². The van der Waals surface area contributed by atoms with E-state index < -0.39 is 10.0 Å². The highest BCUT2D eigenvalue weighted by atomic mass is 32.2. The van der Waals surface area contributed by atoms with Crippen LogP contribution in [-0.2, 0) is 16.4 Å². The van der Waals surface area contributed by atoms with Crippen LogP contribution in [0.25, 0.3) is 0 Å². The molecule has 10 heteroatoms. The number of anilines is 1. The monoisotopic (exact) mass is 381 g/mol. The molecular weight excluding hydrogens is 362 g/mol. The van der Waals surface area contributed by atoms with E-state index in [-0.39, 0.29) is 5.91 Å². The molecule has 134 valence electrons. The molecule has 3 rings (SSSR count). The number of fused-ring (bicyclic) bond motifs is 1. The number of hydrogen-bond donors (Lipinski definition) is 2. The van der Waals surface area contributed by atoms with Crippen molar-refractivity contribution in [3.63, 3.8) is 0 Å². The number of nitrogens with zero attached hydrogens (tertiary/aromatic N) is 3. The Morgan fingerprint density at radius 1 is 1.44 bits per heavy atom. The number of carbonyl (C=O) groups excluding carboxylic acids is 1. The number of benzene rings is 1. The molecule has 0 saturated heterocycles. The van der Waals surface area contributed by atoms with Crippen molar-refractivity contribution in [3.05, 3.63) is 35.2 Å². The Kier molecular flexibility index (Phi) is 5.00. The van der Waals surface area contributed by atoms with Gasteiger partial charge in [0.25, 0.3) is 5.91 Å². The molecule has 2 heterocycles. The number of rotatable bonds is 6. The summed E-state index contributed by atoms with van der Waals surface area (Å²) in [6.45, 7) is 2.74. The number of thioether (sulfide) groups is 1. The van der Waals surface area contributed by atoms with E-state index in [1.54, 1.807) is 18.2 Å². The van der Waals surface area contributed by atoms with Crippen molar-refractivity contribution in [2.45, 2.75) is 18.5 Å². The molecule has 0 saturated carbocycles. The predicted molar refractivity (Wildman–Crippen MR) is 96.5 cm³/mol. The molecule has 0 aliphatic carbocycles. The summed E-state index contributed by atoms with van der Waals surface area (Å²) in [6.07, 6.45) is 1.81. The van der Waals surface area contributed by atoms with Crippen molar-refractivity contribution >= 4 is 33.4 Å². The topological polar surface area (TPSA) is 108 Å². The van der Waals surface area contributed by atoms with Gasteiger partial charge in [-0.2, -0.15) is 0 Å². The van der Waals surface area contributed by atoms with Crippen molar-refractivity contribution in [2.24, 2.45) is 0 Å². The molecule has 2 aromatic rings. The van der Waals surface area contributed by atoms with E-state index in [9.17, 15) is 13.2 Å². The highest BCUT2D eigenvalue weighted by Crippen LogP contribution is 2.30.